The second kappa shape index (κ2) is 3.28. The van der Waals surface area contributed by atoms with Crippen LogP contribution in [0.4, 0.5) is 0 Å². The highest BCUT2D eigenvalue weighted by Gasteiger charge is 2.40. The van der Waals surface area contributed by atoms with E-state index in [9.17, 15) is 9.90 Å². The molecule has 1 N–H and O–H groups in total. The molecule has 0 fully saturated rings. The molecule has 17 heavy (non-hydrogen) atoms. The maximum atomic E-state index is 12.3. The van der Waals surface area contributed by atoms with Gasteiger partial charge >= 0.3 is 0 Å². The number of fused-ring (bicyclic) bond motifs is 3. The van der Waals surface area contributed by atoms with E-state index in [2.05, 4.69) is 0 Å². The van der Waals surface area contributed by atoms with Gasteiger partial charge in [0, 0.05) is 5.56 Å². The molecule has 0 unspecified atom stereocenters. The highest BCUT2D eigenvalue weighted by atomic mass is 16.3. The van der Waals surface area contributed by atoms with Crippen molar-refractivity contribution in [2.75, 3.05) is 0 Å². The van der Waals surface area contributed by atoms with Gasteiger partial charge in [-0.3, -0.25) is 4.79 Å². The summed E-state index contributed by atoms with van der Waals surface area (Å²) in [5, 5.41) is 10.4. The Hall–Kier alpha value is -1.93. The van der Waals surface area contributed by atoms with E-state index in [1.165, 1.54) is 0 Å². The molecule has 2 aromatic rings. The summed E-state index contributed by atoms with van der Waals surface area (Å²) < 4.78 is 0. The van der Waals surface area contributed by atoms with Crippen LogP contribution < -0.4 is 0 Å². The summed E-state index contributed by atoms with van der Waals surface area (Å²) >= 11 is 0. The normalized spacial score (nSPS) is 21.9. The molecule has 1 aliphatic carbocycles. The maximum Gasteiger partial charge on any atom is 0.199 e. The average molecular weight is 224 g/mol. The molecular weight excluding hydrogens is 212 g/mol. The molecule has 0 saturated carbocycles. The van der Waals surface area contributed by atoms with Crippen molar-refractivity contribution in [3.05, 3.63) is 59.7 Å². The Morgan fingerprint density at radius 2 is 1.41 bits per heavy atom. The minimum atomic E-state index is -1.43. The fraction of sp³-hybridized carbons (Fsp3) is 0.133. The third kappa shape index (κ3) is 1.28. The molecule has 2 aromatic carbocycles. The highest BCUT2D eigenvalue weighted by Crippen LogP contribution is 2.41. The number of hydrogen-bond acceptors (Lipinski definition) is 2. The standard InChI is InChI=1S/C15H12O2/c1-15(17)13-9-5-4-7-11(13)10-6-2-3-8-12(10)14(15)16/h2-9,17H,1H3/t15-/m0/s1. The Balaban J connectivity index is 2.42. The number of benzene rings is 2. The summed E-state index contributed by atoms with van der Waals surface area (Å²) in [6.07, 6.45) is 0. The van der Waals surface area contributed by atoms with Crippen molar-refractivity contribution in [2.24, 2.45) is 0 Å². The molecular formula is C15H12O2. The van der Waals surface area contributed by atoms with Crippen molar-refractivity contribution in [3.8, 4) is 11.1 Å². The van der Waals surface area contributed by atoms with Gasteiger partial charge in [0.1, 0.15) is 0 Å². The Kier molecular flexibility index (Phi) is 1.98. The molecule has 2 nitrogen and oxygen atoms in total. The molecule has 0 aliphatic heterocycles. The van der Waals surface area contributed by atoms with Crippen molar-refractivity contribution < 1.29 is 9.90 Å². The Labute approximate surface area is 99.5 Å². The van der Waals surface area contributed by atoms with Gasteiger partial charge in [0.05, 0.1) is 0 Å². The van der Waals surface area contributed by atoms with E-state index in [4.69, 9.17) is 0 Å². The van der Waals surface area contributed by atoms with Gasteiger partial charge in [-0.25, -0.2) is 0 Å². The van der Waals surface area contributed by atoms with E-state index in [1.54, 1.807) is 13.0 Å². The first kappa shape index (κ1) is 10.2. The van der Waals surface area contributed by atoms with Gasteiger partial charge in [-0.05, 0) is 23.6 Å². The zero-order valence-electron chi connectivity index (χ0n) is 9.47. The summed E-state index contributed by atoms with van der Waals surface area (Å²) in [6.45, 7) is 1.56. The molecule has 0 bridgehead atoms. The molecule has 0 heterocycles. The first-order valence-corrected chi connectivity index (χ1v) is 5.58. The summed E-state index contributed by atoms with van der Waals surface area (Å²) in [6, 6.07) is 14.9. The number of carbonyl (C=O) groups is 1. The topological polar surface area (TPSA) is 37.3 Å². The molecule has 0 radical (unpaired) electrons. The molecule has 1 aliphatic rings. The first-order valence-electron chi connectivity index (χ1n) is 5.58. The van der Waals surface area contributed by atoms with Crippen LogP contribution in [0, 0.1) is 0 Å². The van der Waals surface area contributed by atoms with Crippen LogP contribution in [-0.4, -0.2) is 10.9 Å². The zero-order chi connectivity index (χ0) is 12.0. The number of Topliss-reactive ketones (excluding diaryl/α,β-unsaturated/α-hetero) is 1. The Morgan fingerprint density at radius 3 is 2.12 bits per heavy atom. The van der Waals surface area contributed by atoms with Crippen molar-refractivity contribution in [1.29, 1.82) is 0 Å². The number of rotatable bonds is 0. The number of hydrogen-bond donors (Lipinski definition) is 1. The molecule has 0 saturated heterocycles. The highest BCUT2D eigenvalue weighted by molar-refractivity contribution is 6.11. The summed E-state index contributed by atoms with van der Waals surface area (Å²) in [4.78, 5) is 12.3. The van der Waals surface area contributed by atoms with Gasteiger partial charge in [0.2, 0.25) is 0 Å². The van der Waals surface area contributed by atoms with E-state index in [-0.39, 0.29) is 5.78 Å². The van der Waals surface area contributed by atoms with Crippen LogP contribution in [0.3, 0.4) is 0 Å². The van der Waals surface area contributed by atoms with Crippen LogP contribution in [0.25, 0.3) is 11.1 Å². The quantitative estimate of drug-likeness (QED) is 0.747. The van der Waals surface area contributed by atoms with Gasteiger partial charge in [-0.15, -0.1) is 0 Å². The molecule has 0 amide bonds. The molecule has 2 heteroatoms. The maximum absolute atomic E-state index is 12.3. The van der Waals surface area contributed by atoms with Gasteiger partial charge in [-0.1, -0.05) is 48.5 Å². The third-order valence-electron chi connectivity index (χ3n) is 3.36. The van der Waals surface area contributed by atoms with E-state index in [0.29, 0.717) is 11.1 Å². The lowest BCUT2D eigenvalue weighted by Crippen LogP contribution is -2.36. The smallest absolute Gasteiger partial charge is 0.199 e. The molecule has 1 atom stereocenters. The lowest BCUT2D eigenvalue weighted by Gasteiger charge is -2.31. The van der Waals surface area contributed by atoms with Crippen LogP contribution in [0.2, 0.25) is 0 Å². The fourth-order valence-corrected chi connectivity index (χ4v) is 2.44. The van der Waals surface area contributed by atoms with Crippen molar-refractivity contribution in [2.45, 2.75) is 12.5 Å². The number of ketones is 1. The van der Waals surface area contributed by atoms with Crippen LogP contribution in [0.5, 0.6) is 0 Å². The van der Waals surface area contributed by atoms with E-state index in [1.807, 2.05) is 42.5 Å². The monoisotopic (exact) mass is 224 g/mol. The van der Waals surface area contributed by atoms with E-state index in [0.717, 1.165) is 11.1 Å². The fourth-order valence-electron chi connectivity index (χ4n) is 2.44. The SMILES string of the molecule is C[C@@]1(O)C(=O)c2ccccc2-c2ccccc21. The molecule has 0 aromatic heterocycles. The zero-order valence-corrected chi connectivity index (χ0v) is 9.47. The number of aliphatic hydroxyl groups is 1. The number of carbonyl (C=O) groups excluding carboxylic acids is 1. The lowest BCUT2D eigenvalue weighted by molar-refractivity contribution is 0.0387. The van der Waals surface area contributed by atoms with Crippen molar-refractivity contribution >= 4 is 5.78 Å². The first-order chi connectivity index (χ1) is 8.12. The van der Waals surface area contributed by atoms with Crippen molar-refractivity contribution in [1.82, 2.24) is 0 Å². The third-order valence-corrected chi connectivity index (χ3v) is 3.36. The summed E-state index contributed by atoms with van der Waals surface area (Å²) in [5.41, 5.74) is 1.69. The van der Waals surface area contributed by atoms with Gasteiger partial charge < -0.3 is 5.11 Å². The van der Waals surface area contributed by atoms with Gasteiger partial charge in [-0.2, -0.15) is 0 Å². The minimum Gasteiger partial charge on any atom is -0.377 e. The molecule has 3 rings (SSSR count). The lowest BCUT2D eigenvalue weighted by atomic mass is 9.76. The van der Waals surface area contributed by atoms with E-state index >= 15 is 0 Å². The summed E-state index contributed by atoms with van der Waals surface area (Å²) in [7, 11) is 0. The average Bonchev–Trinajstić information content (AvgIpc) is 2.37. The second-order valence-electron chi connectivity index (χ2n) is 4.49. The second-order valence-corrected chi connectivity index (χ2v) is 4.49. The molecule has 0 spiro atoms. The van der Waals surface area contributed by atoms with Gasteiger partial charge in [0.25, 0.3) is 0 Å². The van der Waals surface area contributed by atoms with Crippen LogP contribution in [-0.2, 0) is 5.60 Å². The largest absolute Gasteiger partial charge is 0.377 e. The predicted molar refractivity (Wildman–Crippen MR) is 65.8 cm³/mol. The van der Waals surface area contributed by atoms with Crippen LogP contribution >= 0.6 is 0 Å². The molecule has 84 valence electrons. The van der Waals surface area contributed by atoms with E-state index < -0.39 is 5.60 Å². The van der Waals surface area contributed by atoms with Crippen LogP contribution in [0.15, 0.2) is 48.5 Å². The minimum absolute atomic E-state index is 0.230. The van der Waals surface area contributed by atoms with Crippen molar-refractivity contribution in [3.63, 3.8) is 0 Å². The Morgan fingerprint density at radius 1 is 0.882 bits per heavy atom. The predicted octanol–water partition coefficient (Wildman–Crippen LogP) is 2.76. The van der Waals surface area contributed by atoms with Crippen LogP contribution in [0.1, 0.15) is 22.8 Å². The summed E-state index contributed by atoms with van der Waals surface area (Å²) in [5.74, 6) is -0.230. The van der Waals surface area contributed by atoms with Gasteiger partial charge in [0.15, 0.2) is 11.4 Å². The Bertz CT molecular complexity index is 612.